The number of fused-ring (bicyclic) bond motifs is 5. The van der Waals surface area contributed by atoms with Crippen molar-refractivity contribution in [2.24, 2.45) is 16.7 Å². The molecule has 11 atom stereocenters. The topological polar surface area (TPSA) is 207 Å². The van der Waals surface area contributed by atoms with E-state index in [1.165, 1.54) is 26.0 Å². The van der Waals surface area contributed by atoms with Crippen molar-refractivity contribution in [2.45, 2.75) is 128 Å². The van der Waals surface area contributed by atoms with Crippen molar-refractivity contribution in [3.63, 3.8) is 0 Å². The van der Waals surface area contributed by atoms with E-state index in [0.717, 1.165) is 0 Å². The van der Waals surface area contributed by atoms with E-state index in [-0.39, 0.29) is 30.6 Å². The number of rotatable bonds is 9. The zero-order valence-electron chi connectivity index (χ0n) is 33.7. The van der Waals surface area contributed by atoms with E-state index in [4.69, 9.17) is 23.7 Å². The van der Waals surface area contributed by atoms with Crippen molar-refractivity contribution < 1.29 is 63.3 Å². The number of esters is 2. The normalized spacial score (nSPS) is 34.2. The molecule has 0 aromatic heterocycles. The molecule has 14 heteroatoms. The number of hydrogen-bond acceptors (Lipinski definition) is 13. The second-order valence-corrected chi connectivity index (χ2v) is 17.6. The molecule has 2 aromatic rings. The Morgan fingerprint density at radius 3 is 2.18 bits per heavy atom. The highest BCUT2D eigenvalue weighted by Crippen LogP contribution is 2.64. The van der Waals surface area contributed by atoms with Crippen LogP contribution in [-0.4, -0.2) is 111 Å². The number of Topliss-reactive ketones (excluding diaryl/α,β-unsaturated/α-hetero) is 1. The molecule has 6 rings (SSSR count). The van der Waals surface area contributed by atoms with E-state index in [0.29, 0.717) is 11.1 Å². The SMILES string of the molecule is CC(=O)OC12COC1CC(O)C1(C)C(=O)C(O)C3=C(C)C(OCC(O)C(NC(=O)OC(C)(C)C)c4ccccc4)CC(O)(C(OC(=O)c4ccccc4)C21)C3(C)C. The van der Waals surface area contributed by atoms with E-state index in [2.05, 4.69) is 5.32 Å². The molecule has 1 heterocycles. The number of aliphatic hydroxyl groups is 4. The van der Waals surface area contributed by atoms with Gasteiger partial charge in [-0.3, -0.25) is 9.59 Å². The molecular weight excluding hydrogens is 738 g/mol. The van der Waals surface area contributed by atoms with Gasteiger partial charge in [0.15, 0.2) is 11.4 Å². The lowest BCUT2D eigenvalue weighted by Crippen LogP contribution is -2.81. The zero-order chi connectivity index (χ0) is 41.9. The van der Waals surface area contributed by atoms with E-state index < -0.39 is 107 Å². The van der Waals surface area contributed by atoms with Crippen LogP contribution in [0.2, 0.25) is 0 Å². The molecular formula is C43H55NO13. The van der Waals surface area contributed by atoms with Gasteiger partial charge in [0.2, 0.25) is 0 Å². The van der Waals surface area contributed by atoms with Gasteiger partial charge in [-0.15, -0.1) is 0 Å². The smallest absolute Gasteiger partial charge is 0.408 e. The number of benzene rings is 2. The third kappa shape index (κ3) is 7.29. The number of amides is 1. The molecule has 2 aromatic carbocycles. The molecule has 4 aliphatic rings. The van der Waals surface area contributed by atoms with Gasteiger partial charge < -0.3 is 49.4 Å². The van der Waals surface area contributed by atoms with Gasteiger partial charge in [0.05, 0.1) is 48.4 Å². The standard InChI is InChI=1S/C43H55NO13/c1-23-28(53-21-27(46)32(25-15-11-9-12-16-25)44-38(51)57-39(3,4)5)20-43(52)36(55-37(50)26-17-13-10-14-18-26)34-41(8,35(49)33(48)31(23)40(43,6)7)29(47)19-30-42(34,22-54-30)56-24(2)45/h9-18,27-30,32-34,36,46-48,52H,19-22H2,1-8H3,(H,44,51). The van der Waals surface area contributed by atoms with Crippen LogP contribution in [0, 0.1) is 16.7 Å². The van der Waals surface area contributed by atoms with E-state index in [1.54, 1.807) is 90.1 Å². The molecule has 14 nitrogen and oxygen atoms in total. The number of ketones is 1. The van der Waals surface area contributed by atoms with Crippen molar-refractivity contribution in [2.75, 3.05) is 13.2 Å². The lowest BCUT2D eigenvalue weighted by atomic mass is 9.44. The Balaban J connectivity index is 1.46. The van der Waals surface area contributed by atoms with Crippen LogP contribution >= 0.6 is 0 Å². The van der Waals surface area contributed by atoms with Crippen LogP contribution in [-0.2, 0) is 33.3 Å². The van der Waals surface area contributed by atoms with E-state index >= 15 is 0 Å². The molecule has 1 saturated heterocycles. The minimum Gasteiger partial charge on any atom is -0.455 e. The second kappa shape index (κ2) is 15.2. The molecule has 2 saturated carbocycles. The average Bonchev–Trinajstić information content (AvgIpc) is 3.13. The van der Waals surface area contributed by atoms with Gasteiger partial charge in [-0.2, -0.15) is 0 Å². The maximum atomic E-state index is 14.9. The van der Waals surface area contributed by atoms with Crippen molar-refractivity contribution in [1.82, 2.24) is 5.32 Å². The van der Waals surface area contributed by atoms with Gasteiger partial charge in [0, 0.05) is 25.2 Å². The highest BCUT2D eigenvalue weighted by Gasteiger charge is 2.78. The van der Waals surface area contributed by atoms with Gasteiger partial charge in [-0.05, 0) is 63.5 Å². The van der Waals surface area contributed by atoms with Crippen LogP contribution in [0.25, 0.3) is 0 Å². The highest BCUT2D eigenvalue weighted by molar-refractivity contribution is 5.94. The summed E-state index contributed by atoms with van der Waals surface area (Å²) in [6.07, 6.45) is -9.65. The average molecular weight is 794 g/mol. The van der Waals surface area contributed by atoms with Crippen LogP contribution in [0.3, 0.4) is 0 Å². The van der Waals surface area contributed by atoms with Crippen LogP contribution < -0.4 is 5.32 Å². The Hall–Kier alpha value is -4.18. The first-order valence-corrected chi connectivity index (χ1v) is 19.3. The number of ether oxygens (including phenoxy) is 5. The highest BCUT2D eigenvalue weighted by atomic mass is 16.6. The Morgan fingerprint density at radius 1 is 1.00 bits per heavy atom. The maximum Gasteiger partial charge on any atom is 0.408 e. The number of alkyl carbamates (subject to hydrolysis) is 1. The first-order chi connectivity index (χ1) is 26.6. The summed E-state index contributed by atoms with van der Waals surface area (Å²) in [5.41, 5.74) is -6.95. The fraction of sp³-hybridized carbons (Fsp3) is 0.581. The molecule has 1 aliphatic heterocycles. The summed E-state index contributed by atoms with van der Waals surface area (Å²) in [6.45, 7) is 12.0. The Labute approximate surface area is 332 Å². The predicted octanol–water partition coefficient (Wildman–Crippen LogP) is 3.73. The maximum absolute atomic E-state index is 14.9. The molecule has 3 aliphatic carbocycles. The zero-order valence-corrected chi connectivity index (χ0v) is 33.7. The third-order valence-electron chi connectivity index (χ3n) is 12.6. The lowest BCUT2D eigenvalue weighted by Gasteiger charge is -2.67. The molecule has 0 spiro atoms. The monoisotopic (exact) mass is 793 g/mol. The molecule has 11 unspecified atom stereocenters. The summed E-state index contributed by atoms with van der Waals surface area (Å²) in [5, 5.41) is 51.9. The summed E-state index contributed by atoms with van der Waals surface area (Å²) < 4.78 is 30.1. The number of aliphatic hydroxyl groups excluding tert-OH is 3. The molecule has 3 fully saturated rings. The van der Waals surface area contributed by atoms with Crippen molar-refractivity contribution >= 4 is 23.8 Å². The third-order valence-corrected chi connectivity index (χ3v) is 12.6. The quantitative estimate of drug-likeness (QED) is 0.140. The second-order valence-electron chi connectivity index (χ2n) is 17.6. The predicted molar refractivity (Wildman–Crippen MR) is 203 cm³/mol. The number of nitrogens with one attached hydrogen (secondary N) is 1. The van der Waals surface area contributed by atoms with Gasteiger partial charge in [0.25, 0.3) is 0 Å². The molecule has 1 amide bonds. The Morgan fingerprint density at radius 2 is 1.61 bits per heavy atom. The van der Waals surface area contributed by atoms with Gasteiger partial charge in [0.1, 0.15) is 35.6 Å². The van der Waals surface area contributed by atoms with Crippen LogP contribution in [0.4, 0.5) is 4.79 Å². The summed E-state index contributed by atoms with van der Waals surface area (Å²) in [7, 11) is 0. The number of hydrogen-bond donors (Lipinski definition) is 5. The largest absolute Gasteiger partial charge is 0.455 e. The lowest BCUT2D eigenvalue weighted by molar-refractivity contribution is -0.346. The first-order valence-electron chi connectivity index (χ1n) is 19.3. The minimum absolute atomic E-state index is 0.0911. The molecule has 310 valence electrons. The Kier molecular flexibility index (Phi) is 11.3. The van der Waals surface area contributed by atoms with Crippen molar-refractivity contribution in [3.8, 4) is 0 Å². The Bertz CT molecular complexity index is 1890. The van der Waals surface area contributed by atoms with E-state index in [9.17, 15) is 39.6 Å². The summed E-state index contributed by atoms with van der Waals surface area (Å²) >= 11 is 0. The van der Waals surface area contributed by atoms with Crippen molar-refractivity contribution in [3.05, 3.63) is 82.9 Å². The fourth-order valence-electron chi connectivity index (χ4n) is 9.64. The molecule has 2 bridgehead atoms. The fourth-order valence-corrected chi connectivity index (χ4v) is 9.64. The van der Waals surface area contributed by atoms with Gasteiger partial charge in [-0.1, -0.05) is 62.4 Å². The number of carbonyl (C=O) groups excluding carboxylic acids is 4. The molecule has 0 radical (unpaired) electrons. The van der Waals surface area contributed by atoms with Crippen LogP contribution in [0.1, 0.15) is 90.2 Å². The minimum atomic E-state index is -2.19. The van der Waals surface area contributed by atoms with Crippen LogP contribution in [0.5, 0.6) is 0 Å². The molecule has 57 heavy (non-hydrogen) atoms. The molecule has 5 N–H and O–H groups in total. The summed E-state index contributed by atoms with van der Waals surface area (Å²) in [6, 6.07) is 15.8. The number of carbonyl (C=O) groups is 4. The first kappa shape index (κ1) is 42.4. The summed E-state index contributed by atoms with van der Waals surface area (Å²) in [5.74, 6) is -3.83. The summed E-state index contributed by atoms with van der Waals surface area (Å²) in [4.78, 5) is 54.8. The van der Waals surface area contributed by atoms with Crippen molar-refractivity contribution in [1.29, 1.82) is 0 Å². The van der Waals surface area contributed by atoms with E-state index in [1.807, 2.05) is 0 Å². The van der Waals surface area contributed by atoms with Gasteiger partial charge >= 0.3 is 18.0 Å². The van der Waals surface area contributed by atoms with Gasteiger partial charge in [-0.25, -0.2) is 9.59 Å². The van der Waals surface area contributed by atoms with Crippen LogP contribution in [0.15, 0.2) is 71.8 Å².